The van der Waals surface area contributed by atoms with Crippen LogP contribution in [0.25, 0.3) is 0 Å². The number of carbonyl (C=O) groups excluding carboxylic acids is 2. The Hall–Kier alpha value is -2.55. The number of benzene rings is 2. The van der Waals surface area contributed by atoms with Gasteiger partial charge in [-0.3, -0.25) is 0 Å². The number of aliphatic carboxylic acids is 2. The molecule has 1 unspecified atom stereocenters. The first kappa shape index (κ1) is 23.5. The third kappa shape index (κ3) is 6.88. The summed E-state index contributed by atoms with van der Waals surface area (Å²) in [7, 11) is 4.26. The highest BCUT2D eigenvalue weighted by atomic mass is 32.2. The molecule has 152 valence electrons. The summed E-state index contributed by atoms with van der Waals surface area (Å²) in [5.74, 6) is -2.39. The van der Waals surface area contributed by atoms with Crippen molar-refractivity contribution in [3.05, 3.63) is 54.1 Å². The van der Waals surface area contributed by atoms with Gasteiger partial charge >= 0.3 is 1.43 Å². The number of carboxylic acid groups (broad SMARTS) is 2. The second-order valence-corrected chi connectivity index (χ2v) is 7.46. The van der Waals surface area contributed by atoms with Crippen LogP contribution in [0.15, 0.2) is 53.4 Å². The number of ether oxygens (including phenoxy) is 1. The Kier molecular flexibility index (Phi) is 9.50. The van der Waals surface area contributed by atoms with Crippen molar-refractivity contribution in [3.8, 4) is 11.5 Å². The van der Waals surface area contributed by atoms with E-state index < -0.39 is 11.9 Å². The molecule has 1 aliphatic rings. The van der Waals surface area contributed by atoms with Crippen LogP contribution in [0.5, 0.6) is 11.5 Å². The fraction of sp³-hybridized carbons (Fsp3) is 0.300. The zero-order valence-corrected chi connectivity index (χ0v) is 16.5. The number of carboxylic acids is 2. The first-order chi connectivity index (χ1) is 12.9. The molecule has 2 aromatic carbocycles. The molecular weight excluding hydrogens is 382 g/mol. The van der Waals surface area contributed by atoms with Gasteiger partial charge in [-0.25, -0.2) is 0 Å². The number of nitrogens with zero attached hydrogens (tertiary/aromatic N) is 1. The molecule has 3 rings (SSSR count). The Balaban J connectivity index is 0.000000866. The van der Waals surface area contributed by atoms with Gasteiger partial charge < -0.3 is 34.9 Å². The van der Waals surface area contributed by atoms with Gasteiger partial charge in [-0.1, -0.05) is 30.3 Å². The highest BCUT2D eigenvalue weighted by molar-refractivity contribution is 7.99. The molecule has 7 nitrogen and oxygen atoms in total. The maximum Gasteiger partial charge on any atom is 1.00 e. The van der Waals surface area contributed by atoms with Gasteiger partial charge in [0, 0.05) is 10.8 Å². The quantitative estimate of drug-likeness (QED) is 0.686. The minimum Gasteiger partial charge on any atom is -0.543 e. The van der Waals surface area contributed by atoms with Gasteiger partial charge in [-0.15, -0.1) is 11.8 Å². The second kappa shape index (κ2) is 11.3. The SMILES string of the molecule is CN(C)CCCC1Sc2ccccc2Oc2ccccc21.O.O=C([O-])C(=O)[O-].[H+]. The van der Waals surface area contributed by atoms with Gasteiger partial charge in [0.15, 0.2) is 0 Å². The van der Waals surface area contributed by atoms with Crippen LogP contribution in [-0.2, 0) is 9.59 Å². The third-order valence-corrected chi connectivity index (χ3v) is 5.21. The van der Waals surface area contributed by atoms with E-state index in [0.29, 0.717) is 5.25 Å². The van der Waals surface area contributed by atoms with Gasteiger partial charge in [-0.2, -0.15) is 0 Å². The van der Waals surface area contributed by atoms with E-state index >= 15 is 0 Å². The Bertz CT molecular complexity index is 790. The second-order valence-electron chi connectivity index (χ2n) is 6.21. The standard InChI is InChI=1S/C18H21NOS.C2H2O4.H2O/c1-19(2)13-7-12-17-14-8-3-4-9-15(14)20-16-10-5-6-11-18(16)21-17;3-1(4)2(5)6;/h3-6,8-11,17H,7,12-13H2,1-2H3;(H,3,4)(H,5,6);1H2/p-1. The summed E-state index contributed by atoms with van der Waals surface area (Å²) in [5.41, 5.74) is 1.32. The molecule has 28 heavy (non-hydrogen) atoms. The predicted molar refractivity (Wildman–Crippen MR) is 104 cm³/mol. The smallest absolute Gasteiger partial charge is 0.543 e. The molecule has 1 aliphatic heterocycles. The maximum atomic E-state index is 8.93. The van der Waals surface area contributed by atoms with E-state index in [9.17, 15) is 0 Å². The molecule has 0 saturated carbocycles. The number of thioether (sulfide) groups is 1. The van der Waals surface area contributed by atoms with Crippen LogP contribution in [0.2, 0.25) is 0 Å². The van der Waals surface area contributed by atoms with E-state index in [1.54, 1.807) is 0 Å². The van der Waals surface area contributed by atoms with Crippen LogP contribution >= 0.6 is 11.8 Å². The minimum atomic E-state index is -2.19. The molecule has 0 bridgehead atoms. The predicted octanol–water partition coefficient (Wildman–Crippen LogP) is 0.741. The highest BCUT2D eigenvalue weighted by Crippen LogP contribution is 2.49. The summed E-state index contributed by atoms with van der Waals surface area (Å²) in [4.78, 5) is 21.3. The Labute approximate surface area is 169 Å². The first-order valence-electron chi connectivity index (χ1n) is 8.48. The van der Waals surface area contributed by atoms with Crippen molar-refractivity contribution in [2.24, 2.45) is 0 Å². The number of hydrogen-bond acceptors (Lipinski definition) is 7. The van der Waals surface area contributed by atoms with Crippen LogP contribution in [-0.4, -0.2) is 43.0 Å². The number of fused-ring (bicyclic) bond motifs is 2. The van der Waals surface area contributed by atoms with Crippen molar-refractivity contribution < 1.29 is 31.4 Å². The zero-order valence-electron chi connectivity index (χ0n) is 16.7. The number of hydrogen-bond donors (Lipinski definition) is 0. The average molecular weight is 406 g/mol. The summed E-state index contributed by atoms with van der Waals surface area (Å²) in [5, 5.41) is 18.3. The number of para-hydroxylation sites is 2. The topological polar surface area (TPSA) is 124 Å². The number of rotatable bonds is 4. The summed E-state index contributed by atoms with van der Waals surface area (Å²) in [6.07, 6.45) is 2.36. The summed E-state index contributed by atoms with van der Waals surface area (Å²) in [6.45, 7) is 1.13. The first-order valence-corrected chi connectivity index (χ1v) is 9.36. The van der Waals surface area contributed by atoms with Gasteiger partial charge in [0.05, 0.1) is 16.8 Å². The summed E-state index contributed by atoms with van der Waals surface area (Å²) in [6, 6.07) is 16.8. The lowest BCUT2D eigenvalue weighted by molar-refractivity contribution is -0.345. The monoisotopic (exact) mass is 406 g/mol. The third-order valence-electron chi connectivity index (χ3n) is 3.84. The molecule has 0 spiro atoms. The van der Waals surface area contributed by atoms with E-state index in [-0.39, 0.29) is 6.90 Å². The summed E-state index contributed by atoms with van der Waals surface area (Å²) < 4.78 is 6.13. The molecular formula is C20H24NO6S-. The highest BCUT2D eigenvalue weighted by Gasteiger charge is 2.23. The van der Waals surface area contributed by atoms with Crippen molar-refractivity contribution in [3.63, 3.8) is 0 Å². The fourth-order valence-corrected chi connectivity index (χ4v) is 3.91. The van der Waals surface area contributed by atoms with Crippen LogP contribution < -0.4 is 14.9 Å². The van der Waals surface area contributed by atoms with Crippen molar-refractivity contribution in [2.45, 2.75) is 23.0 Å². The van der Waals surface area contributed by atoms with Gasteiger partial charge in [0.1, 0.15) is 11.5 Å². The van der Waals surface area contributed by atoms with Crippen LogP contribution in [0.4, 0.5) is 0 Å². The molecule has 0 amide bonds. The largest absolute Gasteiger partial charge is 1.00 e. The molecule has 2 aromatic rings. The van der Waals surface area contributed by atoms with Crippen LogP contribution in [0.1, 0.15) is 25.1 Å². The van der Waals surface area contributed by atoms with E-state index in [4.69, 9.17) is 24.5 Å². The van der Waals surface area contributed by atoms with E-state index in [2.05, 4.69) is 55.4 Å². The molecule has 8 heteroatoms. The Morgan fingerprint density at radius 1 is 1.04 bits per heavy atom. The number of carbonyl (C=O) groups is 2. The average Bonchev–Trinajstić information content (AvgIpc) is 2.78. The van der Waals surface area contributed by atoms with Crippen LogP contribution in [0, 0.1) is 0 Å². The van der Waals surface area contributed by atoms with E-state index in [0.717, 1.165) is 24.5 Å². The van der Waals surface area contributed by atoms with Gasteiger partial charge in [0.25, 0.3) is 0 Å². The Morgan fingerprint density at radius 2 is 1.61 bits per heavy atom. The van der Waals surface area contributed by atoms with Gasteiger partial charge in [-0.05, 0) is 51.7 Å². The normalized spacial score (nSPS) is 14.2. The molecule has 0 aliphatic carbocycles. The van der Waals surface area contributed by atoms with E-state index in [1.165, 1.54) is 16.9 Å². The molecule has 2 N–H and O–H groups in total. The zero-order chi connectivity index (χ0) is 19.8. The molecule has 0 fully saturated rings. The molecule has 1 heterocycles. The lowest BCUT2D eigenvalue weighted by atomic mass is 10.1. The van der Waals surface area contributed by atoms with E-state index in [1.807, 2.05) is 23.9 Å². The Morgan fingerprint density at radius 3 is 2.21 bits per heavy atom. The van der Waals surface area contributed by atoms with Crippen molar-refractivity contribution >= 4 is 23.7 Å². The molecule has 1 atom stereocenters. The lowest BCUT2D eigenvalue weighted by Gasteiger charge is -2.17. The summed E-state index contributed by atoms with van der Waals surface area (Å²) >= 11 is 1.93. The molecule has 0 aromatic heterocycles. The van der Waals surface area contributed by atoms with Crippen molar-refractivity contribution in [1.29, 1.82) is 0 Å². The molecule has 0 radical (unpaired) electrons. The molecule has 0 saturated heterocycles. The van der Waals surface area contributed by atoms with Crippen molar-refractivity contribution in [1.82, 2.24) is 4.90 Å². The van der Waals surface area contributed by atoms with Crippen LogP contribution in [0.3, 0.4) is 0 Å². The van der Waals surface area contributed by atoms with Crippen molar-refractivity contribution in [2.75, 3.05) is 20.6 Å². The van der Waals surface area contributed by atoms with Gasteiger partial charge in [0.2, 0.25) is 0 Å². The minimum absolute atomic E-state index is 0. The lowest BCUT2D eigenvalue weighted by Crippen LogP contribution is -2.42. The fourth-order valence-electron chi connectivity index (χ4n) is 2.61. The maximum absolute atomic E-state index is 8.93.